The van der Waals surface area contributed by atoms with Gasteiger partial charge in [-0.1, -0.05) is 29.8 Å². The van der Waals surface area contributed by atoms with Crippen molar-refractivity contribution in [2.45, 2.75) is 45.3 Å². The van der Waals surface area contributed by atoms with Crippen molar-refractivity contribution in [1.82, 2.24) is 4.90 Å². The fraction of sp³-hybridized carbons (Fsp3) is 0.588. The molecule has 0 saturated carbocycles. The zero-order valence-electron chi connectivity index (χ0n) is 13.5. The van der Waals surface area contributed by atoms with Crippen LogP contribution in [0.25, 0.3) is 0 Å². The van der Waals surface area contributed by atoms with Gasteiger partial charge < -0.3 is 15.4 Å². The van der Waals surface area contributed by atoms with Crippen molar-refractivity contribution in [3.05, 3.63) is 34.9 Å². The summed E-state index contributed by atoms with van der Waals surface area (Å²) in [6, 6.07) is 7.62. The summed E-state index contributed by atoms with van der Waals surface area (Å²) in [5.74, 6) is 0.332. The second-order valence-corrected chi connectivity index (χ2v) is 7.26. The van der Waals surface area contributed by atoms with Crippen LogP contribution >= 0.6 is 11.6 Å². The van der Waals surface area contributed by atoms with Crippen LogP contribution in [-0.4, -0.2) is 29.7 Å². The number of halogens is 1. The molecule has 0 aliphatic carbocycles. The summed E-state index contributed by atoms with van der Waals surface area (Å²) in [7, 11) is 0. The highest BCUT2D eigenvalue weighted by Crippen LogP contribution is 2.32. The molecule has 4 nitrogen and oxygen atoms in total. The molecule has 5 heteroatoms. The molecule has 2 N–H and O–H groups in total. The molecule has 1 saturated heterocycles. The smallest absolute Gasteiger partial charge is 0.410 e. The van der Waals surface area contributed by atoms with Crippen molar-refractivity contribution in [3.8, 4) is 0 Å². The van der Waals surface area contributed by atoms with Crippen molar-refractivity contribution in [2.24, 2.45) is 11.7 Å². The molecular formula is C17H25ClN2O2. The second-order valence-electron chi connectivity index (χ2n) is 6.85. The number of carbonyl (C=O) groups is 1. The van der Waals surface area contributed by atoms with Gasteiger partial charge in [0.2, 0.25) is 0 Å². The zero-order chi connectivity index (χ0) is 16.3. The molecule has 0 aromatic heterocycles. The van der Waals surface area contributed by atoms with E-state index >= 15 is 0 Å². The molecule has 1 amide bonds. The van der Waals surface area contributed by atoms with Crippen LogP contribution in [0.4, 0.5) is 4.79 Å². The molecule has 1 aliphatic rings. The number of carbonyl (C=O) groups excluding carboxylic acids is 1. The number of hydrogen-bond donors (Lipinski definition) is 1. The van der Waals surface area contributed by atoms with E-state index in [1.54, 1.807) is 4.90 Å². The van der Waals surface area contributed by atoms with E-state index in [9.17, 15) is 4.79 Å². The first-order valence-corrected chi connectivity index (χ1v) is 8.13. The van der Waals surface area contributed by atoms with Gasteiger partial charge in [0.15, 0.2) is 0 Å². The fourth-order valence-corrected chi connectivity index (χ4v) is 3.03. The van der Waals surface area contributed by atoms with Crippen LogP contribution in [0.1, 0.15) is 45.2 Å². The molecule has 1 atom stereocenters. The molecule has 0 spiro atoms. The van der Waals surface area contributed by atoms with Gasteiger partial charge in [0, 0.05) is 24.2 Å². The van der Waals surface area contributed by atoms with Crippen molar-refractivity contribution in [2.75, 3.05) is 13.1 Å². The van der Waals surface area contributed by atoms with E-state index < -0.39 is 5.60 Å². The Morgan fingerprint density at radius 1 is 1.32 bits per heavy atom. The molecule has 22 heavy (non-hydrogen) atoms. The van der Waals surface area contributed by atoms with E-state index in [0.29, 0.717) is 24.0 Å². The maximum atomic E-state index is 12.1. The van der Waals surface area contributed by atoms with Crippen LogP contribution in [0.5, 0.6) is 0 Å². The molecule has 0 bridgehead atoms. The summed E-state index contributed by atoms with van der Waals surface area (Å²) in [5, 5.41) is 0.713. The predicted molar refractivity (Wildman–Crippen MR) is 88.9 cm³/mol. The number of ether oxygens (including phenoxy) is 1. The van der Waals surface area contributed by atoms with Gasteiger partial charge in [0.05, 0.1) is 0 Å². The summed E-state index contributed by atoms with van der Waals surface area (Å²) in [6.45, 7) is 7.00. The van der Waals surface area contributed by atoms with Gasteiger partial charge in [0.1, 0.15) is 5.60 Å². The van der Waals surface area contributed by atoms with Gasteiger partial charge in [-0.2, -0.15) is 0 Å². The molecule has 1 aliphatic heterocycles. The largest absolute Gasteiger partial charge is 0.444 e. The number of rotatable bonds is 2. The first-order chi connectivity index (χ1) is 10.3. The van der Waals surface area contributed by atoms with Crippen molar-refractivity contribution in [1.29, 1.82) is 0 Å². The molecule has 1 unspecified atom stereocenters. The van der Waals surface area contributed by atoms with Crippen LogP contribution in [-0.2, 0) is 4.74 Å². The topological polar surface area (TPSA) is 55.6 Å². The van der Waals surface area contributed by atoms with E-state index in [0.717, 1.165) is 18.4 Å². The standard InChI is InChI=1S/C17H25ClN2O2/c1-17(2,3)22-16(21)20-10-8-12(9-11-20)15(19)13-6-4-5-7-14(13)18/h4-7,12,15H,8-11,19H2,1-3H3. The third kappa shape index (κ3) is 4.37. The third-order valence-electron chi connectivity index (χ3n) is 3.96. The molecule has 1 aromatic carbocycles. The maximum absolute atomic E-state index is 12.1. The molecule has 1 heterocycles. The summed E-state index contributed by atoms with van der Waals surface area (Å²) >= 11 is 6.23. The zero-order valence-corrected chi connectivity index (χ0v) is 14.3. The Balaban J connectivity index is 1.92. The lowest BCUT2D eigenvalue weighted by atomic mass is 9.86. The summed E-state index contributed by atoms with van der Waals surface area (Å²) in [6.07, 6.45) is 1.49. The van der Waals surface area contributed by atoms with Gasteiger partial charge >= 0.3 is 6.09 Å². The third-order valence-corrected chi connectivity index (χ3v) is 4.31. The Morgan fingerprint density at radius 2 is 1.91 bits per heavy atom. The number of hydrogen-bond acceptors (Lipinski definition) is 3. The van der Waals surface area contributed by atoms with Crippen LogP contribution < -0.4 is 5.73 Å². The Labute approximate surface area is 137 Å². The van der Waals surface area contributed by atoms with Gasteiger partial charge in [0.25, 0.3) is 0 Å². The average Bonchev–Trinajstić information content (AvgIpc) is 2.45. The molecule has 0 radical (unpaired) electrons. The predicted octanol–water partition coefficient (Wildman–Crippen LogP) is 3.99. The van der Waals surface area contributed by atoms with Crippen LogP contribution in [0.2, 0.25) is 5.02 Å². The minimum atomic E-state index is -0.456. The lowest BCUT2D eigenvalue weighted by molar-refractivity contribution is 0.0174. The second kappa shape index (κ2) is 6.88. The van der Waals surface area contributed by atoms with Crippen LogP contribution in [0.3, 0.4) is 0 Å². The first kappa shape index (κ1) is 17.1. The van der Waals surface area contributed by atoms with E-state index in [2.05, 4.69) is 0 Å². The fourth-order valence-electron chi connectivity index (χ4n) is 2.77. The lowest BCUT2D eigenvalue weighted by Gasteiger charge is -2.35. The summed E-state index contributed by atoms with van der Waals surface area (Å²) in [5.41, 5.74) is 6.90. The normalized spacial score (nSPS) is 18.1. The van der Waals surface area contributed by atoms with E-state index in [1.165, 1.54) is 0 Å². The molecule has 1 fully saturated rings. The SMILES string of the molecule is CC(C)(C)OC(=O)N1CCC(C(N)c2ccccc2Cl)CC1. The van der Waals surface area contributed by atoms with Gasteiger partial charge in [-0.25, -0.2) is 4.79 Å². The molecule has 2 rings (SSSR count). The van der Waals surface area contributed by atoms with Crippen LogP contribution in [0.15, 0.2) is 24.3 Å². The van der Waals surface area contributed by atoms with E-state index in [-0.39, 0.29) is 12.1 Å². The van der Waals surface area contributed by atoms with Gasteiger partial charge in [-0.05, 0) is 51.2 Å². The van der Waals surface area contributed by atoms with Crippen molar-refractivity contribution < 1.29 is 9.53 Å². The number of nitrogens with two attached hydrogens (primary N) is 1. The minimum Gasteiger partial charge on any atom is -0.444 e. The van der Waals surface area contributed by atoms with E-state index in [1.807, 2.05) is 45.0 Å². The number of benzene rings is 1. The van der Waals surface area contributed by atoms with Gasteiger partial charge in [-0.15, -0.1) is 0 Å². The lowest BCUT2D eigenvalue weighted by Crippen LogP contribution is -2.43. The number of nitrogens with zero attached hydrogens (tertiary/aromatic N) is 1. The Bertz CT molecular complexity index is 520. The molecule has 1 aromatic rings. The quantitative estimate of drug-likeness (QED) is 0.895. The number of amides is 1. The highest BCUT2D eigenvalue weighted by atomic mass is 35.5. The van der Waals surface area contributed by atoms with Crippen molar-refractivity contribution in [3.63, 3.8) is 0 Å². The maximum Gasteiger partial charge on any atom is 0.410 e. The molecular weight excluding hydrogens is 300 g/mol. The van der Waals surface area contributed by atoms with Crippen LogP contribution in [0, 0.1) is 5.92 Å². The Hall–Kier alpha value is -1.26. The van der Waals surface area contributed by atoms with Crippen molar-refractivity contribution >= 4 is 17.7 Å². The Kier molecular flexibility index (Phi) is 5.35. The van der Waals surface area contributed by atoms with Gasteiger partial charge in [-0.3, -0.25) is 0 Å². The average molecular weight is 325 g/mol. The van der Waals surface area contributed by atoms with E-state index in [4.69, 9.17) is 22.1 Å². The first-order valence-electron chi connectivity index (χ1n) is 7.76. The number of piperidine rings is 1. The summed E-state index contributed by atoms with van der Waals surface area (Å²) in [4.78, 5) is 13.8. The monoisotopic (exact) mass is 324 g/mol. The summed E-state index contributed by atoms with van der Waals surface area (Å²) < 4.78 is 5.41. The highest BCUT2D eigenvalue weighted by Gasteiger charge is 2.30. The Morgan fingerprint density at radius 3 is 2.45 bits per heavy atom. The highest BCUT2D eigenvalue weighted by molar-refractivity contribution is 6.31. The molecule has 122 valence electrons. The number of likely N-dealkylation sites (tertiary alicyclic amines) is 1. The minimum absolute atomic E-state index is 0.0884.